The molecular formula is C20H16INO3S. The molecule has 0 aliphatic heterocycles. The molecule has 0 aliphatic carbocycles. The van der Waals surface area contributed by atoms with Gasteiger partial charge in [-0.05, 0) is 70.6 Å². The maximum atomic E-state index is 12.5. The van der Waals surface area contributed by atoms with Crippen LogP contribution >= 0.6 is 22.6 Å². The van der Waals surface area contributed by atoms with Gasteiger partial charge in [0, 0.05) is 14.8 Å². The Morgan fingerprint density at radius 3 is 2.35 bits per heavy atom. The lowest BCUT2D eigenvalue weighted by Gasteiger charge is -2.08. The number of amides is 1. The van der Waals surface area contributed by atoms with Crippen LogP contribution in [0.2, 0.25) is 0 Å². The Morgan fingerprint density at radius 2 is 1.62 bits per heavy atom. The van der Waals surface area contributed by atoms with Gasteiger partial charge in [0.2, 0.25) is 0 Å². The molecule has 0 fully saturated rings. The summed E-state index contributed by atoms with van der Waals surface area (Å²) in [5, 5.41) is 2.83. The maximum absolute atomic E-state index is 12.5. The molecule has 0 spiro atoms. The molecule has 1 amide bonds. The van der Waals surface area contributed by atoms with E-state index in [1.165, 1.54) is 0 Å². The molecule has 0 saturated heterocycles. The van der Waals surface area contributed by atoms with Crippen molar-refractivity contribution in [1.29, 1.82) is 0 Å². The predicted octanol–water partition coefficient (Wildman–Crippen LogP) is 4.52. The quantitative estimate of drug-likeness (QED) is 0.550. The molecule has 0 unspecified atom stereocenters. The highest BCUT2D eigenvalue weighted by molar-refractivity contribution is 14.1. The Bertz CT molecular complexity index is 1030. The lowest BCUT2D eigenvalue weighted by atomic mass is 10.1. The number of hydrogen-bond acceptors (Lipinski definition) is 3. The number of sulfone groups is 1. The Labute approximate surface area is 166 Å². The van der Waals surface area contributed by atoms with Gasteiger partial charge in [0.25, 0.3) is 5.91 Å². The third-order valence-electron chi connectivity index (χ3n) is 3.73. The Morgan fingerprint density at radius 1 is 0.885 bits per heavy atom. The first-order valence-corrected chi connectivity index (χ1v) is 10.6. The molecule has 0 atom stereocenters. The number of rotatable bonds is 5. The van der Waals surface area contributed by atoms with Crippen molar-refractivity contribution in [3.05, 3.63) is 93.6 Å². The van der Waals surface area contributed by atoms with Gasteiger partial charge in [0.05, 0.1) is 10.6 Å². The summed E-state index contributed by atoms with van der Waals surface area (Å²) in [6.45, 7) is 0. The second-order valence-electron chi connectivity index (χ2n) is 5.74. The van der Waals surface area contributed by atoms with Gasteiger partial charge in [0.1, 0.15) is 0 Å². The number of nitrogens with one attached hydrogen (secondary N) is 1. The van der Waals surface area contributed by atoms with Crippen molar-refractivity contribution < 1.29 is 13.2 Å². The van der Waals surface area contributed by atoms with Crippen LogP contribution in [0.3, 0.4) is 0 Å². The fourth-order valence-corrected chi connectivity index (χ4v) is 4.40. The van der Waals surface area contributed by atoms with E-state index >= 15 is 0 Å². The van der Waals surface area contributed by atoms with Crippen LogP contribution in [0.1, 0.15) is 15.9 Å². The van der Waals surface area contributed by atoms with E-state index in [0.717, 1.165) is 3.57 Å². The summed E-state index contributed by atoms with van der Waals surface area (Å²) in [7, 11) is -3.45. The highest BCUT2D eigenvalue weighted by Crippen LogP contribution is 2.18. The van der Waals surface area contributed by atoms with E-state index < -0.39 is 9.84 Å². The van der Waals surface area contributed by atoms with Gasteiger partial charge < -0.3 is 5.32 Å². The van der Waals surface area contributed by atoms with Crippen molar-refractivity contribution in [2.24, 2.45) is 0 Å². The first-order valence-electron chi connectivity index (χ1n) is 7.88. The number of carbonyl (C=O) groups is 1. The smallest absolute Gasteiger partial charge is 0.255 e. The van der Waals surface area contributed by atoms with E-state index in [1.54, 1.807) is 54.6 Å². The van der Waals surface area contributed by atoms with Gasteiger partial charge in [0.15, 0.2) is 9.84 Å². The van der Waals surface area contributed by atoms with Crippen LogP contribution in [-0.4, -0.2) is 14.3 Å². The molecule has 3 aromatic rings. The minimum atomic E-state index is -3.45. The lowest BCUT2D eigenvalue weighted by molar-refractivity contribution is 0.102. The third-order valence-corrected chi connectivity index (χ3v) is 6.11. The summed E-state index contributed by atoms with van der Waals surface area (Å²) in [6, 6.07) is 22.5. The number of halogens is 1. The first kappa shape index (κ1) is 18.6. The maximum Gasteiger partial charge on any atom is 0.255 e. The van der Waals surface area contributed by atoms with Crippen molar-refractivity contribution in [2.45, 2.75) is 10.6 Å². The molecule has 0 heterocycles. The number of benzene rings is 3. The number of hydrogen-bond donors (Lipinski definition) is 1. The molecule has 0 aromatic heterocycles. The summed E-state index contributed by atoms with van der Waals surface area (Å²) in [5.74, 6) is -0.424. The molecular weight excluding hydrogens is 461 g/mol. The van der Waals surface area contributed by atoms with Crippen molar-refractivity contribution in [3.63, 3.8) is 0 Å². The zero-order valence-electron chi connectivity index (χ0n) is 13.7. The van der Waals surface area contributed by atoms with E-state index in [9.17, 15) is 13.2 Å². The predicted molar refractivity (Wildman–Crippen MR) is 111 cm³/mol. The normalized spacial score (nSPS) is 11.1. The van der Waals surface area contributed by atoms with E-state index in [-0.39, 0.29) is 16.6 Å². The molecule has 0 bridgehead atoms. The standard InChI is InChI=1S/C20H16INO3S/c21-17-8-5-9-18(13-17)22-20(23)16-7-4-6-15(12-16)14-26(24,25)19-10-2-1-3-11-19/h1-13H,14H2,(H,22,23). The van der Waals surface area contributed by atoms with Crippen LogP contribution in [0.5, 0.6) is 0 Å². The third kappa shape index (κ3) is 4.70. The van der Waals surface area contributed by atoms with Crippen molar-refractivity contribution in [2.75, 3.05) is 5.32 Å². The van der Waals surface area contributed by atoms with Crippen molar-refractivity contribution in [1.82, 2.24) is 0 Å². The zero-order chi connectivity index (χ0) is 18.6. The van der Waals surface area contributed by atoms with Crippen LogP contribution in [0, 0.1) is 3.57 Å². The van der Waals surface area contributed by atoms with Crippen LogP contribution in [-0.2, 0) is 15.6 Å². The highest BCUT2D eigenvalue weighted by atomic mass is 127. The monoisotopic (exact) mass is 477 g/mol. The second kappa shape index (κ2) is 8.01. The van der Waals surface area contributed by atoms with Gasteiger partial charge in [-0.2, -0.15) is 0 Å². The summed E-state index contributed by atoms with van der Waals surface area (Å²) >= 11 is 2.17. The Hall–Kier alpha value is -2.19. The SMILES string of the molecule is O=C(Nc1cccc(I)c1)c1cccc(CS(=O)(=O)c2ccccc2)c1. The van der Waals surface area contributed by atoms with Gasteiger partial charge in [-0.3, -0.25) is 4.79 Å². The van der Waals surface area contributed by atoms with E-state index in [1.807, 2.05) is 24.3 Å². The van der Waals surface area contributed by atoms with Gasteiger partial charge in [-0.1, -0.05) is 36.4 Å². The molecule has 6 heteroatoms. The van der Waals surface area contributed by atoms with Crippen molar-refractivity contribution >= 4 is 44.0 Å². The summed E-state index contributed by atoms with van der Waals surface area (Å²) in [4.78, 5) is 12.7. The fraction of sp³-hybridized carbons (Fsp3) is 0.0500. The molecule has 1 N–H and O–H groups in total. The van der Waals surface area contributed by atoms with Crippen LogP contribution < -0.4 is 5.32 Å². The molecule has 3 rings (SSSR count). The summed E-state index contributed by atoms with van der Waals surface area (Å²) in [6.07, 6.45) is 0. The number of anilines is 1. The lowest BCUT2D eigenvalue weighted by Crippen LogP contribution is -2.13. The van der Waals surface area contributed by atoms with Gasteiger partial charge in [-0.15, -0.1) is 0 Å². The Balaban J connectivity index is 1.79. The van der Waals surface area contributed by atoms with Crippen LogP contribution in [0.4, 0.5) is 5.69 Å². The largest absolute Gasteiger partial charge is 0.322 e. The van der Waals surface area contributed by atoms with Crippen LogP contribution in [0.25, 0.3) is 0 Å². The summed E-state index contributed by atoms with van der Waals surface area (Å²) in [5.41, 5.74) is 1.69. The van der Waals surface area contributed by atoms with Crippen molar-refractivity contribution in [3.8, 4) is 0 Å². The molecule has 4 nitrogen and oxygen atoms in total. The second-order valence-corrected chi connectivity index (χ2v) is 8.97. The first-order chi connectivity index (χ1) is 12.4. The topological polar surface area (TPSA) is 63.2 Å². The van der Waals surface area contributed by atoms with Gasteiger partial charge >= 0.3 is 0 Å². The molecule has 0 saturated carbocycles. The molecule has 132 valence electrons. The minimum absolute atomic E-state index is 0.151. The average Bonchev–Trinajstić information content (AvgIpc) is 2.62. The molecule has 0 radical (unpaired) electrons. The number of carbonyl (C=O) groups excluding carboxylic acids is 1. The van der Waals surface area contributed by atoms with E-state index in [4.69, 9.17) is 0 Å². The summed E-state index contributed by atoms with van der Waals surface area (Å²) < 4.78 is 26.0. The molecule has 0 aliphatic rings. The highest BCUT2D eigenvalue weighted by Gasteiger charge is 2.16. The zero-order valence-corrected chi connectivity index (χ0v) is 16.7. The van der Waals surface area contributed by atoms with E-state index in [0.29, 0.717) is 16.8 Å². The van der Waals surface area contributed by atoms with Gasteiger partial charge in [-0.25, -0.2) is 8.42 Å². The average molecular weight is 477 g/mol. The fourth-order valence-electron chi connectivity index (χ4n) is 2.50. The Kier molecular flexibility index (Phi) is 5.73. The minimum Gasteiger partial charge on any atom is -0.322 e. The van der Waals surface area contributed by atoms with E-state index in [2.05, 4.69) is 27.9 Å². The molecule has 26 heavy (non-hydrogen) atoms. The van der Waals surface area contributed by atoms with Crippen LogP contribution in [0.15, 0.2) is 83.8 Å². The molecule has 3 aromatic carbocycles.